The van der Waals surface area contributed by atoms with E-state index >= 15 is 0 Å². The Morgan fingerprint density at radius 3 is 2.25 bits per heavy atom. The summed E-state index contributed by atoms with van der Waals surface area (Å²) in [6, 6.07) is 17.7. The van der Waals surface area contributed by atoms with Crippen molar-refractivity contribution in [3.05, 3.63) is 118 Å². The molecule has 0 fully saturated rings. The van der Waals surface area contributed by atoms with Crippen molar-refractivity contribution in [1.82, 2.24) is 19.7 Å². The summed E-state index contributed by atoms with van der Waals surface area (Å²) >= 11 is 5.91. The molecule has 184 valence electrons. The van der Waals surface area contributed by atoms with Crippen molar-refractivity contribution in [3.63, 3.8) is 0 Å². The molecule has 2 atom stereocenters. The molecule has 0 saturated heterocycles. The van der Waals surface area contributed by atoms with Gasteiger partial charge in [-0.15, -0.1) is 0 Å². The van der Waals surface area contributed by atoms with Gasteiger partial charge in [-0.1, -0.05) is 41.6 Å². The molecule has 0 bridgehead atoms. The number of halogens is 3. The highest BCUT2D eigenvalue weighted by molar-refractivity contribution is 6.30. The van der Waals surface area contributed by atoms with Crippen LogP contribution in [-0.2, 0) is 18.7 Å². The number of benzene rings is 3. The second-order valence-corrected chi connectivity index (χ2v) is 9.12. The molecule has 36 heavy (non-hydrogen) atoms. The van der Waals surface area contributed by atoms with Crippen LogP contribution in [0.15, 0.2) is 79.4 Å². The molecule has 1 N–H and O–H groups in total. The first-order valence-electron chi connectivity index (χ1n) is 11.3. The van der Waals surface area contributed by atoms with Crippen LogP contribution in [0.25, 0.3) is 0 Å². The average molecular weight is 507 g/mol. The first-order chi connectivity index (χ1) is 17.2. The molecule has 0 spiro atoms. The van der Waals surface area contributed by atoms with E-state index in [1.54, 1.807) is 19.1 Å². The highest BCUT2D eigenvalue weighted by Crippen LogP contribution is 2.33. The number of rotatable bonds is 7. The van der Waals surface area contributed by atoms with Gasteiger partial charge >= 0.3 is 0 Å². The summed E-state index contributed by atoms with van der Waals surface area (Å²) in [6.45, 7) is 2.22. The first kappa shape index (κ1) is 25.5. The minimum absolute atomic E-state index is 0.00780. The summed E-state index contributed by atoms with van der Waals surface area (Å²) in [5.41, 5.74) is 1.01. The molecule has 5 nitrogen and oxygen atoms in total. The van der Waals surface area contributed by atoms with Gasteiger partial charge in [-0.25, -0.2) is 18.4 Å². The highest BCUT2D eigenvalue weighted by Gasteiger charge is 2.41. The largest absolute Gasteiger partial charge is 0.381 e. The van der Waals surface area contributed by atoms with E-state index in [2.05, 4.69) is 21.9 Å². The summed E-state index contributed by atoms with van der Waals surface area (Å²) < 4.78 is 29.8. The number of likely N-dealkylation sites (N-methyl/N-ethyl adjacent to an activating group) is 1. The van der Waals surface area contributed by atoms with Crippen LogP contribution in [0.2, 0.25) is 5.02 Å². The number of nitrogens with zero attached hydrogens (tertiary/aromatic N) is 4. The SMILES string of the molecule is C[C@@H](N(C)Cc1ccc(C#Cc2ccc(Cl)cc2)cc1)[C@](O)(Cn1cncn1)c1ccc(F)cc1F. The van der Waals surface area contributed by atoms with Crippen LogP contribution in [0.3, 0.4) is 0 Å². The van der Waals surface area contributed by atoms with E-state index in [4.69, 9.17) is 11.6 Å². The van der Waals surface area contributed by atoms with Gasteiger partial charge in [-0.05, 0) is 62.0 Å². The molecule has 0 saturated carbocycles. The van der Waals surface area contributed by atoms with Crippen molar-refractivity contribution in [3.8, 4) is 11.8 Å². The lowest BCUT2D eigenvalue weighted by molar-refractivity contribution is -0.0591. The molecule has 1 aromatic heterocycles. The van der Waals surface area contributed by atoms with E-state index in [1.165, 1.54) is 23.4 Å². The summed E-state index contributed by atoms with van der Waals surface area (Å²) in [7, 11) is 1.84. The summed E-state index contributed by atoms with van der Waals surface area (Å²) in [6.07, 6.45) is 2.79. The van der Waals surface area contributed by atoms with Gasteiger partial charge < -0.3 is 5.11 Å². The molecule has 0 aliphatic rings. The summed E-state index contributed by atoms with van der Waals surface area (Å²) in [4.78, 5) is 5.82. The maximum atomic E-state index is 14.8. The predicted molar refractivity (Wildman–Crippen MR) is 135 cm³/mol. The molecule has 0 radical (unpaired) electrons. The Balaban J connectivity index is 1.52. The quantitative estimate of drug-likeness (QED) is 0.358. The van der Waals surface area contributed by atoms with Crippen molar-refractivity contribution in [1.29, 1.82) is 0 Å². The molecule has 8 heteroatoms. The normalized spacial score (nSPS) is 13.6. The summed E-state index contributed by atoms with van der Waals surface area (Å²) in [5, 5.41) is 16.5. The van der Waals surface area contributed by atoms with Crippen LogP contribution in [-0.4, -0.2) is 37.9 Å². The molecule has 4 aromatic rings. The maximum Gasteiger partial charge on any atom is 0.137 e. The molecule has 4 rings (SSSR count). The van der Waals surface area contributed by atoms with Gasteiger partial charge in [-0.2, -0.15) is 5.10 Å². The van der Waals surface area contributed by atoms with Crippen molar-refractivity contribution in [2.24, 2.45) is 0 Å². The van der Waals surface area contributed by atoms with Crippen LogP contribution in [0.4, 0.5) is 8.78 Å². The zero-order valence-electron chi connectivity index (χ0n) is 19.9. The van der Waals surface area contributed by atoms with Gasteiger partial charge in [0.1, 0.15) is 29.9 Å². The fourth-order valence-electron chi connectivity index (χ4n) is 4.00. The number of aliphatic hydroxyl groups is 1. The third-order valence-corrected chi connectivity index (χ3v) is 6.45. The number of hydrogen-bond donors (Lipinski definition) is 1. The van der Waals surface area contributed by atoms with Crippen LogP contribution in [0, 0.1) is 23.5 Å². The standard InChI is InChI=1S/C28H25ClF2N4O/c1-20(28(36,17-35-19-32-18-33-35)26-14-13-25(30)15-27(26)31)34(2)16-23-7-5-21(6-8-23)3-4-22-9-11-24(29)12-10-22/h5-15,18-20,36H,16-17H2,1-2H3/t20-,28-/m1/s1. The fraction of sp³-hybridized carbons (Fsp3) is 0.214. The number of aromatic nitrogens is 3. The predicted octanol–water partition coefficient (Wildman–Crippen LogP) is 5.02. The molecule has 0 aliphatic carbocycles. The molecular weight excluding hydrogens is 482 g/mol. The molecule has 3 aromatic carbocycles. The lowest BCUT2D eigenvalue weighted by Gasteiger charge is -2.40. The monoisotopic (exact) mass is 506 g/mol. The van der Waals surface area contributed by atoms with Crippen LogP contribution in [0.5, 0.6) is 0 Å². The van der Waals surface area contributed by atoms with Crippen molar-refractivity contribution in [2.75, 3.05) is 7.05 Å². The minimum Gasteiger partial charge on any atom is -0.381 e. The van der Waals surface area contributed by atoms with Gasteiger partial charge in [0.25, 0.3) is 0 Å². The van der Waals surface area contributed by atoms with Gasteiger partial charge in [0.15, 0.2) is 0 Å². The van der Waals surface area contributed by atoms with E-state index in [1.807, 2.05) is 48.3 Å². The van der Waals surface area contributed by atoms with Crippen molar-refractivity contribution in [2.45, 2.75) is 31.7 Å². The van der Waals surface area contributed by atoms with E-state index in [-0.39, 0.29) is 12.1 Å². The zero-order valence-corrected chi connectivity index (χ0v) is 20.6. The molecule has 0 amide bonds. The van der Waals surface area contributed by atoms with E-state index < -0.39 is 23.3 Å². The Morgan fingerprint density at radius 1 is 1.03 bits per heavy atom. The Bertz CT molecular complexity index is 1370. The lowest BCUT2D eigenvalue weighted by Crippen LogP contribution is -2.50. The van der Waals surface area contributed by atoms with E-state index in [9.17, 15) is 13.9 Å². The maximum absolute atomic E-state index is 14.8. The summed E-state index contributed by atoms with van der Waals surface area (Å²) in [5.74, 6) is 4.71. The Morgan fingerprint density at radius 2 is 1.67 bits per heavy atom. The smallest absolute Gasteiger partial charge is 0.137 e. The fourth-order valence-corrected chi connectivity index (χ4v) is 4.13. The Hall–Kier alpha value is -3.57. The first-order valence-corrected chi connectivity index (χ1v) is 11.7. The zero-order chi connectivity index (χ0) is 25.7. The van der Waals surface area contributed by atoms with Gasteiger partial charge in [0, 0.05) is 40.4 Å². The lowest BCUT2D eigenvalue weighted by atomic mass is 9.85. The van der Waals surface area contributed by atoms with Crippen molar-refractivity contribution < 1.29 is 13.9 Å². The number of hydrogen-bond acceptors (Lipinski definition) is 4. The third kappa shape index (κ3) is 5.97. The Kier molecular flexibility index (Phi) is 7.80. The van der Waals surface area contributed by atoms with E-state index in [0.29, 0.717) is 11.6 Å². The topological polar surface area (TPSA) is 54.2 Å². The van der Waals surface area contributed by atoms with E-state index in [0.717, 1.165) is 28.8 Å². The van der Waals surface area contributed by atoms with Crippen LogP contribution in [0.1, 0.15) is 29.2 Å². The third-order valence-electron chi connectivity index (χ3n) is 6.20. The average Bonchev–Trinajstić information content (AvgIpc) is 3.36. The highest BCUT2D eigenvalue weighted by atomic mass is 35.5. The molecule has 0 aliphatic heterocycles. The second-order valence-electron chi connectivity index (χ2n) is 8.69. The Labute approximate surface area is 214 Å². The van der Waals surface area contributed by atoms with Gasteiger partial charge in [-0.3, -0.25) is 4.90 Å². The molecule has 1 heterocycles. The molecular formula is C28H25ClF2N4O. The minimum atomic E-state index is -1.70. The van der Waals surface area contributed by atoms with Gasteiger partial charge in [0.2, 0.25) is 0 Å². The molecule has 0 unspecified atom stereocenters. The van der Waals surface area contributed by atoms with Gasteiger partial charge in [0.05, 0.1) is 6.54 Å². The van der Waals surface area contributed by atoms with Crippen LogP contribution < -0.4 is 0 Å². The van der Waals surface area contributed by atoms with Crippen LogP contribution >= 0.6 is 11.6 Å². The second kappa shape index (κ2) is 11.0. The van der Waals surface area contributed by atoms with Crippen molar-refractivity contribution >= 4 is 11.6 Å².